The van der Waals surface area contributed by atoms with Gasteiger partial charge in [0.25, 0.3) is 0 Å². The highest BCUT2D eigenvalue weighted by molar-refractivity contribution is 9.10. The maximum atomic E-state index is 4.22. The van der Waals surface area contributed by atoms with E-state index < -0.39 is 0 Å². The number of nitrogens with one attached hydrogen (secondary N) is 1. The lowest BCUT2D eigenvalue weighted by molar-refractivity contribution is 0.449. The number of halogens is 2. The molecule has 2 heterocycles. The highest BCUT2D eigenvalue weighted by Gasteiger charge is 2.14. The second-order valence-corrected chi connectivity index (χ2v) is 4.16. The molecule has 1 aromatic heterocycles. The first-order chi connectivity index (χ1) is 5.84. The van der Waals surface area contributed by atoms with Crippen molar-refractivity contribution in [3.05, 3.63) is 16.9 Å². The molecule has 0 radical (unpaired) electrons. The van der Waals surface area contributed by atoms with Crippen molar-refractivity contribution in [2.24, 2.45) is 5.92 Å². The summed E-state index contributed by atoms with van der Waals surface area (Å²) in [6.45, 7) is 3.34. The fraction of sp³-hybridized carbons (Fsp3) is 0.625. The molecule has 1 aliphatic rings. The SMILES string of the molecule is Brc1cnn(C[C@@H]2CCNC2)c1.Cl. The zero-order chi connectivity index (χ0) is 8.39. The lowest BCUT2D eigenvalue weighted by Gasteiger charge is -2.06. The molecule has 0 amide bonds. The predicted molar refractivity (Wildman–Crippen MR) is 58.2 cm³/mol. The molecule has 0 spiro atoms. The van der Waals surface area contributed by atoms with Crippen molar-refractivity contribution in [3.63, 3.8) is 0 Å². The van der Waals surface area contributed by atoms with Crippen molar-refractivity contribution < 1.29 is 0 Å². The summed E-state index contributed by atoms with van der Waals surface area (Å²) in [6, 6.07) is 0. The van der Waals surface area contributed by atoms with E-state index in [1.807, 2.05) is 17.1 Å². The summed E-state index contributed by atoms with van der Waals surface area (Å²) in [5.41, 5.74) is 0. The van der Waals surface area contributed by atoms with Gasteiger partial charge in [0.15, 0.2) is 0 Å². The van der Waals surface area contributed by atoms with E-state index >= 15 is 0 Å². The zero-order valence-electron chi connectivity index (χ0n) is 7.24. The van der Waals surface area contributed by atoms with Gasteiger partial charge in [-0.25, -0.2) is 0 Å². The third-order valence-corrected chi connectivity index (χ3v) is 2.62. The highest BCUT2D eigenvalue weighted by atomic mass is 79.9. The van der Waals surface area contributed by atoms with Gasteiger partial charge in [-0.15, -0.1) is 12.4 Å². The van der Waals surface area contributed by atoms with Gasteiger partial charge in [-0.2, -0.15) is 5.10 Å². The molecule has 0 aromatic carbocycles. The third-order valence-electron chi connectivity index (χ3n) is 2.21. The van der Waals surface area contributed by atoms with E-state index in [9.17, 15) is 0 Å². The van der Waals surface area contributed by atoms with Crippen molar-refractivity contribution in [1.82, 2.24) is 15.1 Å². The first kappa shape index (κ1) is 11.0. The Hall–Kier alpha value is -0.0600. The van der Waals surface area contributed by atoms with Crippen LogP contribution in [0.4, 0.5) is 0 Å². The van der Waals surface area contributed by atoms with Crippen LogP contribution in [0.5, 0.6) is 0 Å². The van der Waals surface area contributed by atoms with E-state index in [4.69, 9.17) is 0 Å². The molecule has 2 rings (SSSR count). The summed E-state index contributed by atoms with van der Waals surface area (Å²) in [4.78, 5) is 0. The maximum Gasteiger partial charge on any atom is 0.0632 e. The minimum absolute atomic E-state index is 0. The van der Waals surface area contributed by atoms with Gasteiger partial charge in [0.1, 0.15) is 0 Å². The molecule has 3 nitrogen and oxygen atoms in total. The molecule has 1 saturated heterocycles. The van der Waals surface area contributed by atoms with Crippen LogP contribution in [0.25, 0.3) is 0 Å². The maximum absolute atomic E-state index is 4.22. The van der Waals surface area contributed by atoms with Crippen LogP contribution in [0.15, 0.2) is 16.9 Å². The van der Waals surface area contributed by atoms with Crippen molar-refractivity contribution in [3.8, 4) is 0 Å². The van der Waals surface area contributed by atoms with Crippen molar-refractivity contribution in [2.45, 2.75) is 13.0 Å². The van der Waals surface area contributed by atoms with Crippen LogP contribution in [0.3, 0.4) is 0 Å². The van der Waals surface area contributed by atoms with Crippen LogP contribution < -0.4 is 5.32 Å². The van der Waals surface area contributed by atoms with E-state index in [0.29, 0.717) is 0 Å². The predicted octanol–water partition coefficient (Wildman–Crippen LogP) is 1.68. The Morgan fingerprint density at radius 1 is 1.69 bits per heavy atom. The normalized spacial score (nSPS) is 21.5. The number of hydrogen-bond acceptors (Lipinski definition) is 2. The number of hydrogen-bond donors (Lipinski definition) is 1. The molecule has 0 saturated carbocycles. The van der Waals surface area contributed by atoms with Crippen LogP contribution >= 0.6 is 28.3 Å². The Morgan fingerprint density at radius 2 is 2.54 bits per heavy atom. The molecule has 0 aliphatic carbocycles. The van der Waals surface area contributed by atoms with Crippen molar-refractivity contribution in [2.75, 3.05) is 13.1 Å². The Balaban J connectivity index is 0.000000845. The molecule has 1 N–H and O–H groups in total. The van der Waals surface area contributed by atoms with Crippen LogP contribution in [-0.2, 0) is 6.54 Å². The van der Waals surface area contributed by atoms with Gasteiger partial charge in [-0.05, 0) is 41.4 Å². The largest absolute Gasteiger partial charge is 0.316 e. The van der Waals surface area contributed by atoms with Gasteiger partial charge in [0, 0.05) is 12.7 Å². The Morgan fingerprint density at radius 3 is 3.08 bits per heavy atom. The number of aromatic nitrogens is 2. The molecule has 5 heteroatoms. The summed E-state index contributed by atoms with van der Waals surface area (Å²) in [5.74, 6) is 0.761. The zero-order valence-corrected chi connectivity index (χ0v) is 9.64. The Bertz CT molecular complexity index is 258. The Labute approximate surface area is 92.4 Å². The average Bonchev–Trinajstić information content (AvgIpc) is 2.63. The van der Waals surface area contributed by atoms with Gasteiger partial charge < -0.3 is 5.32 Å². The van der Waals surface area contributed by atoms with E-state index in [1.165, 1.54) is 6.42 Å². The second kappa shape index (κ2) is 4.98. The van der Waals surface area contributed by atoms with Gasteiger partial charge in [0.05, 0.1) is 10.7 Å². The second-order valence-electron chi connectivity index (χ2n) is 3.24. The van der Waals surface area contributed by atoms with E-state index in [2.05, 4.69) is 26.3 Å². The first-order valence-corrected chi connectivity index (χ1v) is 5.02. The van der Waals surface area contributed by atoms with Crippen LogP contribution in [0, 0.1) is 5.92 Å². The van der Waals surface area contributed by atoms with Crippen LogP contribution in [0.1, 0.15) is 6.42 Å². The molecule has 74 valence electrons. The van der Waals surface area contributed by atoms with E-state index in [1.54, 1.807) is 0 Å². The lowest BCUT2D eigenvalue weighted by atomic mass is 10.1. The monoisotopic (exact) mass is 265 g/mol. The van der Waals surface area contributed by atoms with Crippen LogP contribution in [-0.4, -0.2) is 22.9 Å². The topological polar surface area (TPSA) is 29.9 Å². The molecule has 1 fully saturated rings. The number of nitrogens with zero attached hydrogens (tertiary/aromatic N) is 2. The standard InChI is InChI=1S/C8H12BrN3.ClH/c9-8-4-11-12(6-8)5-7-1-2-10-3-7;/h4,6-7,10H,1-3,5H2;1H/t7-;/m1./s1. The summed E-state index contributed by atoms with van der Waals surface area (Å²) in [5, 5.41) is 7.57. The minimum Gasteiger partial charge on any atom is -0.316 e. The smallest absolute Gasteiger partial charge is 0.0632 e. The van der Waals surface area contributed by atoms with Gasteiger partial charge in [-0.3, -0.25) is 4.68 Å². The molecule has 1 aromatic rings. The molecular weight excluding hydrogens is 253 g/mol. The quantitative estimate of drug-likeness (QED) is 0.883. The first-order valence-electron chi connectivity index (χ1n) is 4.23. The summed E-state index contributed by atoms with van der Waals surface area (Å²) >= 11 is 3.38. The number of rotatable bonds is 2. The molecule has 0 unspecified atom stereocenters. The van der Waals surface area contributed by atoms with Gasteiger partial charge in [-0.1, -0.05) is 0 Å². The highest BCUT2D eigenvalue weighted by Crippen LogP contribution is 2.12. The third kappa shape index (κ3) is 2.97. The van der Waals surface area contributed by atoms with Gasteiger partial charge in [0.2, 0.25) is 0 Å². The summed E-state index contributed by atoms with van der Waals surface area (Å²) < 4.78 is 3.07. The summed E-state index contributed by atoms with van der Waals surface area (Å²) in [7, 11) is 0. The summed E-state index contributed by atoms with van der Waals surface area (Å²) in [6.07, 6.45) is 5.14. The van der Waals surface area contributed by atoms with Gasteiger partial charge >= 0.3 is 0 Å². The average molecular weight is 267 g/mol. The Kier molecular flexibility index (Phi) is 4.22. The molecular formula is C8H13BrClN3. The van der Waals surface area contributed by atoms with Crippen molar-refractivity contribution >= 4 is 28.3 Å². The minimum atomic E-state index is 0. The molecule has 13 heavy (non-hydrogen) atoms. The lowest BCUT2D eigenvalue weighted by Crippen LogP contribution is -2.14. The fourth-order valence-corrected chi connectivity index (χ4v) is 1.90. The van der Waals surface area contributed by atoms with E-state index in [0.717, 1.165) is 30.0 Å². The molecule has 1 atom stereocenters. The fourth-order valence-electron chi connectivity index (χ4n) is 1.57. The van der Waals surface area contributed by atoms with E-state index in [-0.39, 0.29) is 12.4 Å². The van der Waals surface area contributed by atoms with Crippen molar-refractivity contribution in [1.29, 1.82) is 0 Å². The molecule has 1 aliphatic heterocycles. The molecule has 0 bridgehead atoms. The van der Waals surface area contributed by atoms with Crippen LogP contribution in [0.2, 0.25) is 0 Å².